The molecule has 0 bridgehead atoms. The van der Waals surface area contributed by atoms with Crippen LogP contribution in [0.25, 0.3) is 0 Å². The van der Waals surface area contributed by atoms with Crippen LogP contribution in [0.5, 0.6) is 0 Å². The van der Waals surface area contributed by atoms with E-state index in [2.05, 4.69) is 37.2 Å². The minimum atomic E-state index is -3.67. The number of ketones is 4. The first kappa shape index (κ1) is 108. The van der Waals surface area contributed by atoms with Crippen LogP contribution in [0.3, 0.4) is 0 Å². The molecule has 3 saturated heterocycles. The molecule has 3 rings (SSSR count). The third kappa shape index (κ3) is 45.6. The summed E-state index contributed by atoms with van der Waals surface area (Å²) in [5, 5.41) is 110. The number of hydrogen-bond donors (Lipinski definition) is 17. The Morgan fingerprint density at radius 2 is 0.647 bits per heavy atom. The van der Waals surface area contributed by atoms with E-state index in [-0.39, 0.29) is 198 Å². The van der Waals surface area contributed by atoms with Crippen molar-refractivity contribution in [2.24, 2.45) is 0 Å². The summed E-state index contributed by atoms with van der Waals surface area (Å²) in [5.41, 5.74) is -1.99. The second kappa shape index (κ2) is 61.7. The summed E-state index contributed by atoms with van der Waals surface area (Å²) in [4.78, 5) is 150. The quantitative estimate of drug-likeness (QED) is 0.0275. The number of carbonyl (C=O) groups is 11. The van der Waals surface area contributed by atoms with E-state index >= 15 is 0 Å². The fourth-order valence-electron chi connectivity index (χ4n) is 13.1. The molecule has 7 amide bonds. The van der Waals surface area contributed by atoms with E-state index in [1.807, 2.05) is 0 Å². The van der Waals surface area contributed by atoms with Gasteiger partial charge in [0, 0.05) is 137 Å². The maximum absolute atomic E-state index is 14.0. The highest BCUT2D eigenvalue weighted by Gasteiger charge is 2.48. The number of hydrogen-bond acceptors (Lipinski definition) is 31. The van der Waals surface area contributed by atoms with Crippen molar-refractivity contribution < 1.29 is 155 Å². The second-order valence-electron chi connectivity index (χ2n) is 31.0. The lowest BCUT2D eigenvalue weighted by Gasteiger charge is -2.42. The van der Waals surface area contributed by atoms with Gasteiger partial charge in [-0.3, -0.25) is 57.3 Å². The minimum absolute atomic E-state index is 0.00230. The molecular formula is C79H140N7O32P. The molecule has 40 heteroatoms. The van der Waals surface area contributed by atoms with Gasteiger partial charge < -0.3 is 135 Å². The zero-order valence-electron chi connectivity index (χ0n) is 70.2. The maximum atomic E-state index is 14.0. The molecular weight excluding hydrogens is 1590 g/mol. The number of aliphatic hydroxyl groups excluding tert-OH is 9. The molecule has 0 saturated carbocycles. The molecule has 3 aliphatic rings. The van der Waals surface area contributed by atoms with Crippen LogP contribution in [0.2, 0.25) is 0 Å². The van der Waals surface area contributed by atoms with Gasteiger partial charge in [0.1, 0.15) is 102 Å². The Bertz CT molecular complexity index is 2770. The molecule has 3 fully saturated rings. The van der Waals surface area contributed by atoms with E-state index in [1.165, 1.54) is 20.8 Å². The van der Waals surface area contributed by atoms with Crippen molar-refractivity contribution in [2.45, 2.75) is 330 Å². The van der Waals surface area contributed by atoms with Gasteiger partial charge in [-0.2, -0.15) is 0 Å². The van der Waals surface area contributed by atoms with E-state index < -0.39 is 160 Å². The van der Waals surface area contributed by atoms with Gasteiger partial charge in [-0.1, -0.05) is 39.5 Å². The van der Waals surface area contributed by atoms with Gasteiger partial charge in [-0.15, -0.1) is 0 Å². The zero-order chi connectivity index (χ0) is 88.1. The summed E-state index contributed by atoms with van der Waals surface area (Å²) < 4.78 is 69.5. The van der Waals surface area contributed by atoms with Gasteiger partial charge in [-0.25, -0.2) is 0 Å². The van der Waals surface area contributed by atoms with Crippen molar-refractivity contribution in [1.29, 1.82) is 0 Å². The van der Waals surface area contributed by atoms with Crippen LogP contribution in [-0.2, 0) is 104 Å². The zero-order valence-corrected chi connectivity index (χ0v) is 71.1. The van der Waals surface area contributed by atoms with Gasteiger partial charge in [0.05, 0.1) is 71.7 Å². The standard InChI is InChI=1S/C79H140N7O32P/c1-52(2)119(107,108)115-42-18-7-6-17-36-80-64(98)31-22-32-66(100)86-79(49-109-43-33-58(95)26-12-8-10-24-56(93)28-14-19-39-112-76-67(83-53(3)90)73(104)70(101)60(46-87)116-76,50-110-44-34-59(96)27-13-9-11-25-57(94)29-15-20-40-113-77-68(84-54(4)91)74(105)71(102)61(47-88)117-77)51-111-45-35-65(99)82-38-23-37-81-63(97)30-16-21-41-114-78-69(85-55(5)92)75(106)72(103)62(48-89)118-78/h52,60-62,67-78,87-89,101-106H,6-51H2,1-5H3,(H,80,98)(H,81,97)(H,82,99)(H,83,90)(H,84,91)(H,85,92)(H,86,100)(H,107,108)/t60?,61?,62?,67-,68-,69-,70-,71-,72-,73?,74?,75?,76+,77+,78+,79?/m0/s1. The molecule has 0 radical (unpaired) electrons. The number of carbonyl (C=O) groups excluding carboxylic acids is 11. The first-order valence-corrected chi connectivity index (χ1v) is 43.8. The first-order chi connectivity index (χ1) is 56.8. The number of rotatable bonds is 69. The number of unbranched alkanes of at least 4 members (excludes halogenated alkanes) is 10. The smallest absolute Gasteiger partial charge is 0.330 e. The summed E-state index contributed by atoms with van der Waals surface area (Å²) in [6, 6.07) is -3.28. The van der Waals surface area contributed by atoms with Crippen molar-refractivity contribution in [2.75, 3.05) is 106 Å². The predicted octanol–water partition coefficient (Wildman–Crippen LogP) is -0.290. The summed E-state index contributed by atoms with van der Waals surface area (Å²) in [6.07, 6.45) is -5.32. The van der Waals surface area contributed by atoms with Crippen LogP contribution in [0.4, 0.5) is 0 Å². The van der Waals surface area contributed by atoms with E-state index in [1.54, 1.807) is 13.8 Å². The van der Waals surface area contributed by atoms with Crippen LogP contribution < -0.4 is 37.2 Å². The maximum Gasteiger partial charge on any atom is 0.330 e. The number of ether oxygens (including phenoxy) is 9. The van der Waals surface area contributed by atoms with Gasteiger partial charge in [0.15, 0.2) is 18.9 Å². The minimum Gasteiger partial charge on any atom is -0.394 e. The molecule has 16 atom stereocenters. The Morgan fingerprint density at radius 3 is 1.01 bits per heavy atom. The molecule has 39 nitrogen and oxygen atoms in total. The van der Waals surface area contributed by atoms with Crippen molar-refractivity contribution in [3.63, 3.8) is 0 Å². The van der Waals surface area contributed by atoms with E-state index in [0.29, 0.717) is 109 Å². The van der Waals surface area contributed by atoms with E-state index in [0.717, 1.165) is 6.42 Å². The van der Waals surface area contributed by atoms with Crippen molar-refractivity contribution in [3.8, 4) is 0 Å². The number of nitrogens with one attached hydrogen (secondary N) is 7. The Kier molecular flexibility index (Phi) is 55.7. The third-order valence-electron chi connectivity index (χ3n) is 20.1. The summed E-state index contributed by atoms with van der Waals surface area (Å²) >= 11 is 0. The second-order valence-corrected chi connectivity index (χ2v) is 33.4. The molecule has 3 aliphatic heterocycles. The Hall–Kier alpha value is -5.60. The normalized spacial score (nSPS) is 24.1. The highest BCUT2D eigenvalue weighted by Crippen LogP contribution is 2.47. The van der Waals surface area contributed by atoms with E-state index in [4.69, 9.17) is 47.2 Å². The fraction of sp³-hybridized carbons (Fsp3) is 0.861. The lowest BCUT2D eigenvalue weighted by Crippen LogP contribution is -2.64. The molecule has 17 N–H and O–H groups in total. The molecule has 0 aromatic heterocycles. The van der Waals surface area contributed by atoms with Gasteiger partial charge in [-0.05, 0) is 89.9 Å². The number of amides is 7. The monoisotopic (exact) mass is 1730 g/mol. The molecule has 0 spiro atoms. The molecule has 0 aromatic carbocycles. The summed E-state index contributed by atoms with van der Waals surface area (Å²) in [7, 11) is -3.67. The SMILES string of the molecule is CC(=O)N[C@H]1C(O)[C@@H](O)C(CO)O[C@H]1OCCCCC(=O)CCCCCC(=O)CCOCC(COCCC(=O)CCCCCC(=O)CCCCO[C@@H]1OC(CO)[C@H](O)C(O)[C@@H]1NC(C)=O)(COCCC(=O)NCCCNC(=O)CCCCO[C@@H]1OC(CO)[C@H](O)C(O)[C@@H]1NC(C)=O)NC(=O)CCCC(=O)NCCCCCCOP(=O)(O)C(C)C. The molecule has 688 valence electrons. The van der Waals surface area contributed by atoms with Crippen LogP contribution in [0.1, 0.15) is 227 Å². The highest BCUT2D eigenvalue weighted by atomic mass is 31.2. The number of aliphatic hydroxyl groups is 9. The van der Waals surface area contributed by atoms with Crippen molar-refractivity contribution in [3.05, 3.63) is 0 Å². The van der Waals surface area contributed by atoms with Crippen LogP contribution in [-0.4, -0.2) is 324 Å². The fourth-order valence-corrected chi connectivity index (χ4v) is 13.8. The summed E-state index contributed by atoms with van der Waals surface area (Å²) in [5.74, 6) is -3.15. The van der Waals surface area contributed by atoms with Crippen LogP contribution in [0.15, 0.2) is 0 Å². The van der Waals surface area contributed by atoms with Crippen LogP contribution in [0, 0.1) is 0 Å². The van der Waals surface area contributed by atoms with Crippen molar-refractivity contribution >= 4 is 72.1 Å². The topological polar surface area (TPSA) is 584 Å². The molecule has 119 heavy (non-hydrogen) atoms. The molecule has 7 unspecified atom stereocenters. The molecule has 0 aromatic rings. The average Bonchev–Trinajstić information content (AvgIpc) is 0.859. The van der Waals surface area contributed by atoms with Crippen molar-refractivity contribution in [1.82, 2.24) is 37.2 Å². The Morgan fingerprint density at radius 1 is 0.353 bits per heavy atom. The van der Waals surface area contributed by atoms with E-state index in [9.17, 15) is 108 Å². The Balaban J connectivity index is 1.60. The Labute approximate surface area is 697 Å². The lowest BCUT2D eigenvalue weighted by molar-refractivity contribution is -0.270. The molecule has 3 heterocycles. The summed E-state index contributed by atoms with van der Waals surface area (Å²) in [6.45, 7) is 5.18. The van der Waals surface area contributed by atoms with Gasteiger partial charge >= 0.3 is 7.60 Å². The molecule has 0 aliphatic carbocycles. The highest BCUT2D eigenvalue weighted by molar-refractivity contribution is 7.53. The third-order valence-corrected chi connectivity index (χ3v) is 22.0. The predicted molar refractivity (Wildman–Crippen MR) is 426 cm³/mol. The van der Waals surface area contributed by atoms with Gasteiger partial charge in [0.2, 0.25) is 41.4 Å². The largest absolute Gasteiger partial charge is 0.394 e. The average molecular weight is 1730 g/mol. The number of Topliss-reactive ketones (excluding diaryl/α,β-unsaturated/α-hetero) is 4. The van der Waals surface area contributed by atoms with Gasteiger partial charge in [0.25, 0.3) is 0 Å². The lowest BCUT2D eigenvalue weighted by atomic mass is 9.97. The van der Waals surface area contributed by atoms with Crippen LogP contribution >= 0.6 is 7.60 Å². The first-order valence-electron chi connectivity index (χ1n) is 42.2.